The molecule has 0 bridgehead atoms. The fourth-order valence-electron chi connectivity index (χ4n) is 2.40. The average Bonchev–Trinajstić information content (AvgIpc) is 3.09. The van der Waals surface area contributed by atoms with Gasteiger partial charge in [-0.2, -0.15) is 0 Å². The molecule has 8 nitrogen and oxygen atoms in total. The molecule has 0 amide bonds. The molecule has 132 valence electrons. The molecular formula is C17H15N5O3S. The molecule has 0 spiro atoms. The largest absolute Gasteiger partial charge is 0.302 e. The molecule has 26 heavy (non-hydrogen) atoms. The van der Waals surface area contributed by atoms with Crippen LogP contribution >= 0.6 is 11.8 Å². The number of rotatable bonds is 7. The number of aromatic nitrogens is 4. The lowest BCUT2D eigenvalue weighted by molar-refractivity contribution is -0.384. The van der Waals surface area contributed by atoms with Crippen molar-refractivity contribution in [2.75, 3.05) is 5.75 Å². The van der Waals surface area contributed by atoms with Crippen molar-refractivity contribution in [3.63, 3.8) is 0 Å². The Bertz CT molecular complexity index is 943. The highest BCUT2D eigenvalue weighted by molar-refractivity contribution is 7.99. The molecule has 0 atom stereocenters. The van der Waals surface area contributed by atoms with Crippen LogP contribution in [0.4, 0.5) is 5.69 Å². The van der Waals surface area contributed by atoms with E-state index in [0.717, 1.165) is 5.56 Å². The van der Waals surface area contributed by atoms with Gasteiger partial charge in [0.05, 0.1) is 10.7 Å². The minimum absolute atomic E-state index is 0.0995. The zero-order valence-electron chi connectivity index (χ0n) is 13.9. The van der Waals surface area contributed by atoms with Gasteiger partial charge in [-0.1, -0.05) is 23.9 Å². The first-order valence-corrected chi connectivity index (χ1v) is 8.82. The van der Waals surface area contributed by atoms with Gasteiger partial charge in [-0.15, -0.1) is 10.2 Å². The monoisotopic (exact) mass is 369 g/mol. The van der Waals surface area contributed by atoms with Crippen molar-refractivity contribution in [3.05, 3.63) is 64.5 Å². The summed E-state index contributed by atoms with van der Waals surface area (Å²) in [5.74, 6) is 0.630. The predicted octanol–water partition coefficient (Wildman–Crippen LogP) is 3.24. The molecule has 0 aliphatic heterocycles. The third-order valence-corrected chi connectivity index (χ3v) is 4.65. The molecule has 0 aliphatic carbocycles. The third-order valence-electron chi connectivity index (χ3n) is 3.68. The summed E-state index contributed by atoms with van der Waals surface area (Å²) >= 11 is 1.26. The smallest absolute Gasteiger partial charge is 0.270 e. The first-order valence-electron chi connectivity index (χ1n) is 7.84. The molecule has 0 saturated heterocycles. The summed E-state index contributed by atoms with van der Waals surface area (Å²) in [4.78, 5) is 26.7. The molecule has 0 saturated carbocycles. The highest BCUT2D eigenvalue weighted by atomic mass is 32.2. The van der Waals surface area contributed by atoms with E-state index in [-0.39, 0.29) is 17.2 Å². The first-order chi connectivity index (χ1) is 12.6. The van der Waals surface area contributed by atoms with Crippen LogP contribution in [0, 0.1) is 10.1 Å². The standard InChI is InChI=1S/C17H15N5O3S/c1-2-21-16(12-6-8-18-9-7-12)19-20-17(21)26-11-15(23)13-4-3-5-14(10-13)22(24)25/h3-10H,2,11H2,1H3. The van der Waals surface area contributed by atoms with E-state index >= 15 is 0 Å². The number of hydrogen-bond acceptors (Lipinski definition) is 7. The maximum Gasteiger partial charge on any atom is 0.270 e. The first kappa shape index (κ1) is 17.7. The van der Waals surface area contributed by atoms with Gasteiger partial charge in [0.25, 0.3) is 5.69 Å². The van der Waals surface area contributed by atoms with Crippen LogP contribution in [-0.4, -0.2) is 36.2 Å². The van der Waals surface area contributed by atoms with Crippen molar-refractivity contribution in [2.45, 2.75) is 18.6 Å². The predicted molar refractivity (Wildman–Crippen MR) is 97.1 cm³/mol. The Kier molecular flexibility index (Phi) is 5.37. The van der Waals surface area contributed by atoms with Crippen molar-refractivity contribution in [2.24, 2.45) is 0 Å². The fourth-order valence-corrected chi connectivity index (χ4v) is 3.30. The Labute approximate surface area is 153 Å². The number of benzene rings is 1. The summed E-state index contributed by atoms with van der Waals surface area (Å²) in [6.45, 7) is 2.62. The number of carbonyl (C=O) groups is 1. The number of ketones is 1. The Hall–Kier alpha value is -3.07. The topological polar surface area (TPSA) is 104 Å². The van der Waals surface area contributed by atoms with E-state index in [0.29, 0.717) is 23.1 Å². The minimum Gasteiger partial charge on any atom is -0.302 e. The SMILES string of the molecule is CCn1c(SCC(=O)c2cccc([N+](=O)[O-])c2)nnc1-c1ccncc1. The van der Waals surface area contributed by atoms with Gasteiger partial charge in [0.1, 0.15) is 0 Å². The van der Waals surface area contributed by atoms with Crippen molar-refractivity contribution in [1.82, 2.24) is 19.7 Å². The molecule has 0 fully saturated rings. The van der Waals surface area contributed by atoms with Crippen LogP contribution in [0.2, 0.25) is 0 Å². The highest BCUT2D eigenvalue weighted by Crippen LogP contribution is 2.24. The highest BCUT2D eigenvalue weighted by Gasteiger charge is 2.16. The molecule has 9 heteroatoms. The Morgan fingerprint density at radius 1 is 1.23 bits per heavy atom. The maximum absolute atomic E-state index is 12.4. The van der Waals surface area contributed by atoms with Crippen molar-refractivity contribution in [1.29, 1.82) is 0 Å². The van der Waals surface area contributed by atoms with E-state index in [1.165, 1.54) is 30.0 Å². The van der Waals surface area contributed by atoms with E-state index in [9.17, 15) is 14.9 Å². The molecule has 0 N–H and O–H groups in total. The average molecular weight is 369 g/mol. The maximum atomic E-state index is 12.4. The number of Topliss-reactive ketones (excluding diaryl/α,β-unsaturated/α-hetero) is 1. The number of nitrogens with zero attached hydrogens (tertiary/aromatic N) is 5. The summed E-state index contributed by atoms with van der Waals surface area (Å²) in [6.07, 6.45) is 3.37. The number of thioether (sulfide) groups is 1. The van der Waals surface area contributed by atoms with Crippen LogP contribution in [0.5, 0.6) is 0 Å². The van der Waals surface area contributed by atoms with Gasteiger partial charge < -0.3 is 4.57 Å². The molecule has 1 aromatic carbocycles. The van der Waals surface area contributed by atoms with E-state index in [1.807, 2.05) is 23.6 Å². The van der Waals surface area contributed by atoms with Gasteiger partial charge in [0, 0.05) is 42.2 Å². The third kappa shape index (κ3) is 3.77. The quantitative estimate of drug-likeness (QED) is 0.272. The summed E-state index contributed by atoms with van der Waals surface area (Å²) in [5.41, 5.74) is 1.10. The summed E-state index contributed by atoms with van der Waals surface area (Å²) < 4.78 is 1.92. The number of carbonyl (C=O) groups excluding carboxylic acids is 1. The minimum atomic E-state index is -0.515. The second-order valence-electron chi connectivity index (χ2n) is 5.31. The van der Waals surface area contributed by atoms with Crippen LogP contribution in [-0.2, 0) is 6.54 Å². The normalized spacial score (nSPS) is 10.7. The van der Waals surface area contributed by atoms with E-state index in [4.69, 9.17) is 0 Å². The van der Waals surface area contributed by atoms with Crippen LogP contribution < -0.4 is 0 Å². The van der Waals surface area contributed by atoms with Crippen LogP contribution in [0.15, 0.2) is 53.9 Å². The van der Waals surface area contributed by atoms with Gasteiger partial charge in [-0.05, 0) is 19.1 Å². The zero-order chi connectivity index (χ0) is 18.5. The molecule has 2 heterocycles. The number of hydrogen-bond donors (Lipinski definition) is 0. The fraction of sp³-hybridized carbons (Fsp3) is 0.176. The lowest BCUT2D eigenvalue weighted by Crippen LogP contribution is -2.05. The van der Waals surface area contributed by atoms with Gasteiger partial charge >= 0.3 is 0 Å². The van der Waals surface area contributed by atoms with Crippen molar-refractivity contribution < 1.29 is 9.72 Å². The number of pyridine rings is 1. The molecule has 0 aliphatic rings. The van der Waals surface area contributed by atoms with Crippen molar-refractivity contribution in [3.8, 4) is 11.4 Å². The molecule has 0 radical (unpaired) electrons. The van der Waals surface area contributed by atoms with Gasteiger partial charge in [0.2, 0.25) is 0 Å². The molecule has 3 aromatic rings. The van der Waals surface area contributed by atoms with Gasteiger partial charge in [-0.3, -0.25) is 19.9 Å². The Balaban J connectivity index is 1.76. The number of nitro groups is 1. The van der Waals surface area contributed by atoms with Gasteiger partial charge in [-0.25, -0.2) is 0 Å². The summed E-state index contributed by atoms with van der Waals surface area (Å²) in [6, 6.07) is 9.42. The lowest BCUT2D eigenvalue weighted by atomic mass is 10.1. The summed E-state index contributed by atoms with van der Waals surface area (Å²) in [5, 5.41) is 19.8. The molecular weight excluding hydrogens is 354 g/mol. The van der Waals surface area contributed by atoms with E-state index < -0.39 is 4.92 Å². The zero-order valence-corrected chi connectivity index (χ0v) is 14.7. The van der Waals surface area contributed by atoms with Crippen LogP contribution in [0.3, 0.4) is 0 Å². The van der Waals surface area contributed by atoms with Crippen LogP contribution in [0.1, 0.15) is 17.3 Å². The second kappa shape index (κ2) is 7.87. The lowest BCUT2D eigenvalue weighted by Gasteiger charge is -2.07. The second-order valence-corrected chi connectivity index (χ2v) is 6.25. The summed E-state index contributed by atoms with van der Waals surface area (Å²) in [7, 11) is 0. The Morgan fingerprint density at radius 2 is 2.00 bits per heavy atom. The molecule has 2 aromatic heterocycles. The number of non-ortho nitro benzene ring substituents is 1. The van der Waals surface area contributed by atoms with Crippen molar-refractivity contribution >= 4 is 23.2 Å². The Morgan fingerprint density at radius 3 is 2.69 bits per heavy atom. The van der Waals surface area contributed by atoms with E-state index in [1.54, 1.807) is 18.5 Å². The van der Waals surface area contributed by atoms with E-state index in [2.05, 4.69) is 15.2 Å². The molecule has 3 rings (SSSR count). The van der Waals surface area contributed by atoms with Gasteiger partial charge in [0.15, 0.2) is 16.8 Å². The molecule has 0 unspecified atom stereocenters. The van der Waals surface area contributed by atoms with Crippen LogP contribution in [0.25, 0.3) is 11.4 Å². The number of nitro benzene ring substituents is 1.